The van der Waals surface area contributed by atoms with Crippen molar-refractivity contribution in [1.82, 2.24) is 9.78 Å². The topological polar surface area (TPSA) is 84.4 Å². The van der Waals surface area contributed by atoms with Crippen LogP contribution in [0.1, 0.15) is 39.2 Å². The lowest BCUT2D eigenvalue weighted by atomic mass is 10.0. The molecule has 1 fully saturated rings. The summed E-state index contributed by atoms with van der Waals surface area (Å²) in [6.07, 6.45) is 2.80. The Balaban J connectivity index is 1.70. The number of anilines is 1. The maximum atomic E-state index is 13.7. The number of benzene rings is 2. The van der Waals surface area contributed by atoms with Gasteiger partial charge in [-0.25, -0.2) is 8.42 Å². The SMILES string of the molecule is CCc1ccc(N(CC(C)C)S(=O)(=O)c2ccc3c(c2)c(=O)[nH]n3CC2CCOCC2)cc1. The highest BCUT2D eigenvalue weighted by Gasteiger charge is 2.27. The van der Waals surface area contributed by atoms with Crippen LogP contribution in [0.25, 0.3) is 10.9 Å². The van der Waals surface area contributed by atoms with Crippen molar-refractivity contribution >= 4 is 26.6 Å². The van der Waals surface area contributed by atoms with E-state index in [2.05, 4.69) is 12.0 Å². The van der Waals surface area contributed by atoms with Crippen molar-refractivity contribution in [2.45, 2.75) is 51.5 Å². The first kappa shape index (κ1) is 23.6. The van der Waals surface area contributed by atoms with Gasteiger partial charge >= 0.3 is 0 Å². The molecular formula is C25H33N3O4S. The fraction of sp³-hybridized carbons (Fsp3) is 0.480. The van der Waals surface area contributed by atoms with E-state index in [4.69, 9.17) is 4.74 Å². The number of aryl methyl sites for hydroxylation is 1. The van der Waals surface area contributed by atoms with E-state index >= 15 is 0 Å². The van der Waals surface area contributed by atoms with E-state index in [0.717, 1.165) is 43.6 Å². The van der Waals surface area contributed by atoms with Crippen LogP contribution >= 0.6 is 0 Å². The standard InChI is InChI=1S/C25H33N3O4S/c1-4-19-5-7-21(8-6-19)28(16-18(2)3)33(30,31)22-9-10-24-23(15-22)25(29)26-27(24)17-20-11-13-32-14-12-20/h5-10,15,18,20H,4,11-14,16-17H2,1-3H3,(H,26,29). The highest BCUT2D eigenvalue weighted by atomic mass is 32.2. The first-order valence-electron chi connectivity index (χ1n) is 11.7. The second kappa shape index (κ2) is 9.73. The molecule has 0 bridgehead atoms. The van der Waals surface area contributed by atoms with Gasteiger partial charge in [0.05, 0.1) is 21.5 Å². The van der Waals surface area contributed by atoms with Crippen molar-refractivity contribution in [2.75, 3.05) is 24.1 Å². The zero-order valence-electron chi connectivity index (χ0n) is 19.6. The molecule has 0 amide bonds. The Bertz CT molecular complexity index is 1250. The number of hydrogen-bond acceptors (Lipinski definition) is 4. The average molecular weight is 472 g/mol. The van der Waals surface area contributed by atoms with Crippen LogP contribution in [0.4, 0.5) is 5.69 Å². The summed E-state index contributed by atoms with van der Waals surface area (Å²) in [4.78, 5) is 12.8. The third kappa shape index (κ3) is 5.01. The molecule has 3 aromatic rings. The lowest BCUT2D eigenvalue weighted by molar-refractivity contribution is 0.0605. The molecule has 0 radical (unpaired) electrons. The zero-order valence-corrected chi connectivity index (χ0v) is 20.4. The maximum absolute atomic E-state index is 13.7. The van der Waals surface area contributed by atoms with E-state index < -0.39 is 10.0 Å². The normalized spacial score (nSPS) is 15.4. The molecule has 1 aliphatic heterocycles. The predicted octanol–water partition coefficient (Wildman–Crippen LogP) is 4.17. The Hall–Kier alpha value is -2.58. The molecule has 1 saturated heterocycles. The van der Waals surface area contributed by atoms with Crippen LogP contribution in [0.15, 0.2) is 52.2 Å². The smallest absolute Gasteiger partial charge is 0.272 e. The quantitative estimate of drug-likeness (QED) is 0.534. The van der Waals surface area contributed by atoms with Crippen molar-refractivity contribution in [2.24, 2.45) is 11.8 Å². The van der Waals surface area contributed by atoms with Crippen LogP contribution in [-0.4, -0.2) is 38.0 Å². The Kier molecular flexibility index (Phi) is 6.95. The predicted molar refractivity (Wildman–Crippen MR) is 131 cm³/mol. The van der Waals surface area contributed by atoms with Crippen LogP contribution in [0.5, 0.6) is 0 Å². The number of ether oxygens (including phenoxy) is 1. The Morgan fingerprint density at radius 3 is 2.45 bits per heavy atom. The molecule has 4 rings (SSSR count). The molecule has 33 heavy (non-hydrogen) atoms. The van der Waals surface area contributed by atoms with E-state index in [1.165, 1.54) is 10.4 Å². The highest BCUT2D eigenvalue weighted by molar-refractivity contribution is 7.92. The highest BCUT2D eigenvalue weighted by Crippen LogP contribution is 2.27. The van der Waals surface area contributed by atoms with Crippen molar-refractivity contribution in [3.8, 4) is 0 Å². The third-order valence-electron chi connectivity index (χ3n) is 6.27. The minimum Gasteiger partial charge on any atom is -0.381 e. The second-order valence-corrected chi connectivity index (χ2v) is 11.1. The third-order valence-corrected chi connectivity index (χ3v) is 8.06. The molecule has 1 aliphatic rings. The van der Waals surface area contributed by atoms with Crippen molar-refractivity contribution in [3.05, 3.63) is 58.4 Å². The minimum absolute atomic E-state index is 0.129. The van der Waals surface area contributed by atoms with Gasteiger partial charge in [-0.3, -0.25) is 18.9 Å². The number of rotatable bonds is 8. The maximum Gasteiger partial charge on any atom is 0.272 e. The molecule has 178 valence electrons. The molecule has 8 heteroatoms. The largest absolute Gasteiger partial charge is 0.381 e. The number of nitrogens with zero attached hydrogens (tertiary/aromatic N) is 2. The summed E-state index contributed by atoms with van der Waals surface area (Å²) in [6, 6.07) is 12.5. The fourth-order valence-electron chi connectivity index (χ4n) is 4.37. The number of aromatic nitrogens is 2. The van der Waals surface area contributed by atoms with Crippen LogP contribution in [0.2, 0.25) is 0 Å². The van der Waals surface area contributed by atoms with Crippen LogP contribution in [-0.2, 0) is 27.7 Å². The number of sulfonamides is 1. The Labute approximate surface area is 195 Å². The molecule has 0 atom stereocenters. The van der Waals surface area contributed by atoms with Crippen LogP contribution in [0, 0.1) is 11.8 Å². The van der Waals surface area contributed by atoms with Crippen LogP contribution in [0.3, 0.4) is 0 Å². The summed E-state index contributed by atoms with van der Waals surface area (Å²) in [5, 5.41) is 3.29. The Morgan fingerprint density at radius 1 is 1.12 bits per heavy atom. The summed E-state index contributed by atoms with van der Waals surface area (Å²) in [6.45, 7) is 8.58. The van der Waals surface area contributed by atoms with Crippen molar-refractivity contribution in [1.29, 1.82) is 0 Å². The first-order valence-corrected chi connectivity index (χ1v) is 13.2. The molecule has 2 heterocycles. The van der Waals surface area contributed by atoms with Crippen molar-refractivity contribution < 1.29 is 13.2 Å². The first-order chi connectivity index (χ1) is 15.8. The molecule has 2 aromatic carbocycles. The van der Waals surface area contributed by atoms with E-state index in [-0.39, 0.29) is 16.4 Å². The van der Waals surface area contributed by atoms with Gasteiger partial charge < -0.3 is 4.74 Å². The fourth-order valence-corrected chi connectivity index (χ4v) is 6.02. The zero-order chi connectivity index (χ0) is 23.6. The van der Waals surface area contributed by atoms with Gasteiger partial charge in [0, 0.05) is 26.3 Å². The molecule has 1 aromatic heterocycles. The number of hydrogen-bond donors (Lipinski definition) is 1. The van der Waals surface area contributed by atoms with E-state index in [1.807, 2.05) is 42.8 Å². The minimum atomic E-state index is -3.84. The van der Waals surface area contributed by atoms with E-state index in [9.17, 15) is 13.2 Å². The summed E-state index contributed by atoms with van der Waals surface area (Å²) >= 11 is 0. The van der Waals surface area contributed by atoms with Crippen molar-refractivity contribution in [3.63, 3.8) is 0 Å². The molecule has 0 unspecified atom stereocenters. The summed E-state index contributed by atoms with van der Waals surface area (Å²) in [7, 11) is -3.84. The number of H-pyrrole nitrogens is 1. The summed E-state index contributed by atoms with van der Waals surface area (Å²) in [5.74, 6) is 0.569. The number of nitrogens with one attached hydrogen (secondary N) is 1. The summed E-state index contributed by atoms with van der Waals surface area (Å²) in [5.41, 5.74) is 2.25. The molecule has 7 nitrogen and oxygen atoms in total. The molecule has 1 N–H and O–H groups in total. The summed E-state index contributed by atoms with van der Waals surface area (Å²) < 4.78 is 36.1. The number of fused-ring (bicyclic) bond motifs is 1. The molecule has 0 saturated carbocycles. The lowest BCUT2D eigenvalue weighted by Gasteiger charge is -2.26. The van der Waals surface area contributed by atoms with E-state index in [1.54, 1.807) is 12.1 Å². The molecule has 0 spiro atoms. The van der Waals surface area contributed by atoms with Gasteiger partial charge in [-0.1, -0.05) is 32.9 Å². The Morgan fingerprint density at radius 2 is 1.82 bits per heavy atom. The van der Waals surface area contributed by atoms with Gasteiger partial charge in [0.2, 0.25) is 0 Å². The molecular weight excluding hydrogens is 438 g/mol. The average Bonchev–Trinajstić information content (AvgIpc) is 3.12. The lowest BCUT2D eigenvalue weighted by Crippen LogP contribution is -2.34. The van der Waals surface area contributed by atoms with Gasteiger partial charge in [0.15, 0.2) is 0 Å². The van der Waals surface area contributed by atoms with Crippen LogP contribution < -0.4 is 9.86 Å². The monoisotopic (exact) mass is 471 g/mol. The van der Waals surface area contributed by atoms with Gasteiger partial charge in [-0.2, -0.15) is 0 Å². The van der Waals surface area contributed by atoms with Gasteiger partial charge in [0.25, 0.3) is 15.6 Å². The molecule has 0 aliphatic carbocycles. The van der Waals surface area contributed by atoms with Gasteiger partial charge in [-0.15, -0.1) is 0 Å². The van der Waals surface area contributed by atoms with Gasteiger partial charge in [0.1, 0.15) is 0 Å². The number of aromatic amines is 1. The van der Waals surface area contributed by atoms with E-state index in [0.29, 0.717) is 30.1 Å². The second-order valence-electron chi connectivity index (χ2n) is 9.24. The van der Waals surface area contributed by atoms with Gasteiger partial charge in [-0.05, 0) is 67.0 Å².